The summed E-state index contributed by atoms with van der Waals surface area (Å²) in [7, 11) is 0. The average Bonchev–Trinajstić information content (AvgIpc) is 2.99. The maximum Gasteiger partial charge on any atom is 0.0940 e. The first-order valence-corrected chi connectivity index (χ1v) is 14.3. The number of hydrogen-bond acceptors (Lipinski definition) is 2. The Morgan fingerprint density at radius 2 is 1.15 bits per heavy atom. The van der Waals surface area contributed by atoms with Crippen molar-refractivity contribution in [1.82, 2.24) is 4.98 Å². The lowest BCUT2D eigenvalue weighted by molar-refractivity contribution is 0.814. The number of anilines is 1. The van der Waals surface area contributed by atoms with E-state index < -0.39 is 0 Å². The van der Waals surface area contributed by atoms with Gasteiger partial charge in [0.2, 0.25) is 0 Å². The minimum absolute atomic E-state index is 0.0923. The second-order valence-corrected chi connectivity index (χ2v) is 11.2. The van der Waals surface area contributed by atoms with Crippen molar-refractivity contribution in [1.29, 1.82) is 0 Å². The van der Waals surface area contributed by atoms with Crippen molar-refractivity contribution in [3.8, 4) is 11.3 Å². The van der Waals surface area contributed by atoms with Crippen molar-refractivity contribution in [2.75, 3.05) is 5.32 Å². The highest BCUT2D eigenvalue weighted by molar-refractivity contribution is 6.13. The van der Waals surface area contributed by atoms with Crippen LogP contribution in [0.3, 0.4) is 0 Å². The molecule has 1 aromatic heterocycles. The number of nitrogens with one attached hydrogen (secondary N) is 1. The van der Waals surface area contributed by atoms with Gasteiger partial charge in [-0.05, 0) is 68.3 Å². The van der Waals surface area contributed by atoms with Crippen LogP contribution in [0.2, 0.25) is 0 Å². The van der Waals surface area contributed by atoms with Gasteiger partial charge in [0.1, 0.15) is 0 Å². The predicted octanol–water partition coefficient (Wildman–Crippen LogP) is 10.5. The topological polar surface area (TPSA) is 24.9 Å². The summed E-state index contributed by atoms with van der Waals surface area (Å²) in [5, 5.41) is 8.98. The third-order valence-corrected chi connectivity index (χ3v) is 7.90. The summed E-state index contributed by atoms with van der Waals surface area (Å²) in [5.74, 6) is 0.807. The Balaban J connectivity index is 1.53. The summed E-state index contributed by atoms with van der Waals surface area (Å²) >= 11 is 0. The first-order chi connectivity index (χ1) is 19.5. The third-order valence-electron chi connectivity index (χ3n) is 7.90. The van der Waals surface area contributed by atoms with E-state index in [2.05, 4.69) is 154 Å². The van der Waals surface area contributed by atoms with E-state index in [-0.39, 0.29) is 6.04 Å². The van der Waals surface area contributed by atoms with Crippen molar-refractivity contribution in [3.05, 3.63) is 144 Å². The van der Waals surface area contributed by atoms with Crippen LogP contribution in [0.1, 0.15) is 68.0 Å². The Kier molecular flexibility index (Phi) is 7.09. The van der Waals surface area contributed by atoms with E-state index >= 15 is 0 Å². The van der Waals surface area contributed by atoms with Gasteiger partial charge >= 0.3 is 0 Å². The van der Waals surface area contributed by atoms with Crippen LogP contribution in [-0.2, 0) is 0 Å². The molecule has 1 atom stereocenters. The van der Waals surface area contributed by atoms with E-state index in [1.165, 1.54) is 43.9 Å². The Hall–Kier alpha value is -4.43. The third kappa shape index (κ3) is 4.86. The minimum atomic E-state index is -0.0923. The number of nitrogens with zero attached hydrogens (tertiary/aromatic N) is 1. The number of fused-ring (bicyclic) bond motifs is 3. The zero-order chi connectivity index (χ0) is 27.6. The molecule has 0 bridgehead atoms. The first kappa shape index (κ1) is 25.8. The highest BCUT2D eigenvalue weighted by Crippen LogP contribution is 2.38. The Morgan fingerprint density at radius 3 is 1.85 bits per heavy atom. The zero-order valence-corrected chi connectivity index (χ0v) is 23.7. The number of hydrogen-bond donors (Lipinski definition) is 1. The Labute approximate surface area is 237 Å². The van der Waals surface area contributed by atoms with Crippen LogP contribution < -0.4 is 5.32 Å². The molecule has 6 aromatic rings. The number of aromatic nitrogens is 1. The second-order valence-electron chi connectivity index (χ2n) is 11.2. The molecule has 2 heteroatoms. The largest absolute Gasteiger partial charge is 0.372 e. The van der Waals surface area contributed by atoms with E-state index in [0.717, 1.165) is 17.0 Å². The van der Waals surface area contributed by atoms with Gasteiger partial charge in [-0.1, -0.05) is 131 Å². The fraction of sp³-hybridized carbons (Fsp3) is 0.184. The average molecular weight is 521 g/mol. The number of rotatable bonds is 7. The Morgan fingerprint density at radius 1 is 0.550 bits per heavy atom. The van der Waals surface area contributed by atoms with Crippen LogP contribution in [0.15, 0.2) is 121 Å². The molecule has 1 heterocycles. The summed E-state index contributed by atoms with van der Waals surface area (Å²) in [4.78, 5) is 5.36. The molecule has 0 saturated carbocycles. The van der Waals surface area contributed by atoms with Crippen LogP contribution in [0.5, 0.6) is 0 Å². The fourth-order valence-corrected chi connectivity index (χ4v) is 5.86. The molecule has 0 spiro atoms. The molecule has 6 rings (SSSR count). The van der Waals surface area contributed by atoms with Gasteiger partial charge in [0, 0.05) is 11.3 Å². The molecule has 1 N–H and O–H groups in total. The lowest BCUT2D eigenvalue weighted by Crippen LogP contribution is -2.17. The van der Waals surface area contributed by atoms with Crippen LogP contribution in [-0.4, -0.2) is 4.98 Å². The summed E-state index contributed by atoms with van der Waals surface area (Å²) in [6, 6.07) is 43.4. The molecule has 198 valence electrons. The molecule has 40 heavy (non-hydrogen) atoms. The molecule has 0 aliphatic carbocycles. The molecule has 0 aliphatic heterocycles. The summed E-state index contributed by atoms with van der Waals surface area (Å²) < 4.78 is 0. The quantitative estimate of drug-likeness (QED) is 0.212. The Bertz CT molecular complexity index is 1760. The van der Waals surface area contributed by atoms with E-state index in [9.17, 15) is 0 Å². The summed E-state index contributed by atoms with van der Waals surface area (Å²) in [6.07, 6.45) is 0. The zero-order valence-electron chi connectivity index (χ0n) is 23.7. The van der Waals surface area contributed by atoms with Crippen molar-refractivity contribution >= 4 is 27.2 Å². The first-order valence-electron chi connectivity index (χ1n) is 14.3. The van der Waals surface area contributed by atoms with Crippen molar-refractivity contribution in [2.45, 2.75) is 45.6 Å². The van der Waals surface area contributed by atoms with E-state index in [1.54, 1.807) is 0 Å². The molecule has 0 fully saturated rings. The highest BCUT2D eigenvalue weighted by atomic mass is 15.0. The molecule has 0 saturated heterocycles. The summed E-state index contributed by atoms with van der Waals surface area (Å²) in [5.41, 5.74) is 8.26. The number of para-hydroxylation sites is 1. The standard InChI is InChI=1S/C38H36N2/c1-25(2)29-20-12-21-30(26(3)4)38(29)40-37(27-14-6-5-7-15-27)36-23-13-22-35(39-36)34-24-28-16-8-9-17-31(28)32-18-10-11-19-33(32)34/h5-26,37,40H,1-4H3. The molecule has 2 nitrogen and oxygen atoms in total. The lowest BCUT2D eigenvalue weighted by Gasteiger charge is -2.27. The number of pyridine rings is 1. The molecule has 1 unspecified atom stereocenters. The van der Waals surface area contributed by atoms with Crippen molar-refractivity contribution in [2.24, 2.45) is 0 Å². The van der Waals surface area contributed by atoms with Crippen LogP contribution >= 0.6 is 0 Å². The van der Waals surface area contributed by atoms with Crippen LogP contribution in [0.25, 0.3) is 32.8 Å². The normalized spacial score (nSPS) is 12.3. The van der Waals surface area contributed by atoms with Gasteiger partial charge in [0.25, 0.3) is 0 Å². The van der Waals surface area contributed by atoms with Gasteiger partial charge in [-0.2, -0.15) is 0 Å². The van der Waals surface area contributed by atoms with Gasteiger partial charge in [-0.3, -0.25) is 4.98 Å². The molecule has 5 aromatic carbocycles. The molecular weight excluding hydrogens is 484 g/mol. The molecule has 0 aliphatic rings. The smallest absolute Gasteiger partial charge is 0.0940 e. The fourth-order valence-electron chi connectivity index (χ4n) is 5.86. The number of benzene rings is 5. The van der Waals surface area contributed by atoms with E-state index in [4.69, 9.17) is 4.98 Å². The van der Waals surface area contributed by atoms with Crippen LogP contribution in [0.4, 0.5) is 5.69 Å². The molecular formula is C38H36N2. The monoisotopic (exact) mass is 520 g/mol. The van der Waals surface area contributed by atoms with Crippen LogP contribution in [0, 0.1) is 0 Å². The van der Waals surface area contributed by atoms with Gasteiger partial charge in [0.05, 0.1) is 17.4 Å². The highest BCUT2D eigenvalue weighted by Gasteiger charge is 2.22. The lowest BCUT2D eigenvalue weighted by atomic mass is 9.91. The van der Waals surface area contributed by atoms with Gasteiger partial charge in [-0.25, -0.2) is 0 Å². The molecule has 0 amide bonds. The van der Waals surface area contributed by atoms with Gasteiger partial charge in [0.15, 0.2) is 0 Å². The van der Waals surface area contributed by atoms with Crippen molar-refractivity contribution in [3.63, 3.8) is 0 Å². The second kappa shape index (κ2) is 11.0. The van der Waals surface area contributed by atoms with E-state index in [0.29, 0.717) is 11.8 Å². The van der Waals surface area contributed by atoms with Gasteiger partial charge < -0.3 is 5.32 Å². The van der Waals surface area contributed by atoms with Crippen molar-refractivity contribution < 1.29 is 0 Å². The maximum atomic E-state index is 5.36. The summed E-state index contributed by atoms with van der Waals surface area (Å²) in [6.45, 7) is 9.08. The molecule has 0 radical (unpaired) electrons. The van der Waals surface area contributed by atoms with Gasteiger partial charge in [-0.15, -0.1) is 0 Å². The minimum Gasteiger partial charge on any atom is -0.372 e. The SMILES string of the molecule is CC(C)c1cccc(C(C)C)c1NC(c1ccccc1)c1cccc(-c2cc3ccccc3c3ccccc23)n1. The van der Waals surface area contributed by atoms with E-state index in [1.807, 2.05) is 0 Å². The maximum absolute atomic E-state index is 5.36. The predicted molar refractivity (Wildman–Crippen MR) is 171 cm³/mol.